The lowest BCUT2D eigenvalue weighted by molar-refractivity contribution is -0.140. The molecule has 1 saturated heterocycles. The molecule has 1 unspecified atom stereocenters. The van der Waals surface area contributed by atoms with Gasteiger partial charge < -0.3 is 10.6 Å². The minimum atomic E-state index is -0.860. The Kier molecular flexibility index (Phi) is 3.53. The second-order valence-corrected chi connectivity index (χ2v) is 6.16. The Bertz CT molecular complexity index is 434. The van der Waals surface area contributed by atoms with Gasteiger partial charge in [0.15, 0.2) is 0 Å². The van der Waals surface area contributed by atoms with Crippen molar-refractivity contribution in [2.24, 2.45) is 16.6 Å². The lowest BCUT2D eigenvalue weighted by atomic mass is 9.74. The molecule has 2 N–H and O–H groups in total. The first-order chi connectivity index (χ1) is 8.93. The molecule has 104 valence electrons. The number of nitrogens with two attached hydrogens (primary N) is 1. The SMILES string of the molecule is CC1(C(N)=O)CCN(C(=O)C2(C#N)CCCCC2)C1. The molecule has 2 fully saturated rings. The third kappa shape index (κ3) is 2.32. The average Bonchev–Trinajstić information content (AvgIpc) is 2.83. The van der Waals surface area contributed by atoms with Crippen molar-refractivity contribution in [1.82, 2.24) is 4.90 Å². The molecular formula is C14H21N3O2. The van der Waals surface area contributed by atoms with E-state index >= 15 is 0 Å². The number of likely N-dealkylation sites (tertiary alicyclic amines) is 1. The molecule has 0 aromatic heterocycles. The van der Waals surface area contributed by atoms with E-state index < -0.39 is 10.8 Å². The predicted octanol–water partition coefficient (Wildman–Crippen LogP) is 1.18. The molecule has 1 aliphatic carbocycles. The summed E-state index contributed by atoms with van der Waals surface area (Å²) < 4.78 is 0. The van der Waals surface area contributed by atoms with Gasteiger partial charge in [0, 0.05) is 13.1 Å². The topological polar surface area (TPSA) is 87.2 Å². The van der Waals surface area contributed by atoms with Crippen LogP contribution in [0.1, 0.15) is 45.4 Å². The highest BCUT2D eigenvalue weighted by molar-refractivity contribution is 5.88. The van der Waals surface area contributed by atoms with E-state index in [0.29, 0.717) is 32.4 Å². The van der Waals surface area contributed by atoms with Gasteiger partial charge in [0.2, 0.25) is 11.8 Å². The van der Waals surface area contributed by atoms with Crippen molar-refractivity contribution in [2.45, 2.75) is 45.4 Å². The molecule has 0 radical (unpaired) electrons. The Morgan fingerprint density at radius 2 is 1.84 bits per heavy atom. The van der Waals surface area contributed by atoms with E-state index in [4.69, 9.17) is 5.73 Å². The van der Waals surface area contributed by atoms with E-state index in [1.54, 1.807) is 11.8 Å². The number of rotatable bonds is 2. The van der Waals surface area contributed by atoms with Crippen molar-refractivity contribution in [2.75, 3.05) is 13.1 Å². The number of hydrogen-bond donors (Lipinski definition) is 1. The van der Waals surface area contributed by atoms with Gasteiger partial charge in [-0.05, 0) is 26.2 Å². The van der Waals surface area contributed by atoms with E-state index in [9.17, 15) is 14.9 Å². The molecule has 5 nitrogen and oxygen atoms in total. The normalized spacial score (nSPS) is 29.8. The molecule has 1 heterocycles. The zero-order valence-corrected chi connectivity index (χ0v) is 11.4. The van der Waals surface area contributed by atoms with Crippen LogP contribution in [0.25, 0.3) is 0 Å². The first kappa shape index (κ1) is 13.9. The summed E-state index contributed by atoms with van der Waals surface area (Å²) in [7, 11) is 0. The highest BCUT2D eigenvalue weighted by Gasteiger charge is 2.47. The smallest absolute Gasteiger partial charge is 0.243 e. The molecule has 0 spiro atoms. The fourth-order valence-electron chi connectivity index (χ4n) is 3.17. The zero-order valence-electron chi connectivity index (χ0n) is 11.4. The Hall–Kier alpha value is -1.57. The minimum Gasteiger partial charge on any atom is -0.369 e. The molecular weight excluding hydrogens is 242 g/mol. The number of amides is 2. The van der Waals surface area contributed by atoms with Gasteiger partial charge in [0.1, 0.15) is 5.41 Å². The number of carbonyl (C=O) groups excluding carboxylic acids is 2. The Labute approximate surface area is 113 Å². The first-order valence-corrected chi connectivity index (χ1v) is 6.94. The molecule has 1 saturated carbocycles. The summed E-state index contributed by atoms with van der Waals surface area (Å²) in [4.78, 5) is 25.7. The van der Waals surface area contributed by atoms with Crippen LogP contribution in [0, 0.1) is 22.2 Å². The van der Waals surface area contributed by atoms with Gasteiger partial charge in [0.25, 0.3) is 0 Å². The second kappa shape index (κ2) is 4.84. The largest absolute Gasteiger partial charge is 0.369 e. The van der Waals surface area contributed by atoms with Gasteiger partial charge in [-0.2, -0.15) is 5.26 Å². The van der Waals surface area contributed by atoms with Crippen molar-refractivity contribution in [1.29, 1.82) is 5.26 Å². The third-order valence-corrected chi connectivity index (χ3v) is 4.69. The van der Waals surface area contributed by atoms with E-state index in [-0.39, 0.29) is 11.8 Å². The van der Waals surface area contributed by atoms with Crippen molar-refractivity contribution in [3.63, 3.8) is 0 Å². The van der Waals surface area contributed by atoms with Gasteiger partial charge in [-0.15, -0.1) is 0 Å². The number of hydrogen-bond acceptors (Lipinski definition) is 3. The van der Waals surface area contributed by atoms with Crippen molar-refractivity contribution in [3.05, 3.63) is 0 Å². The molecule has 2 rings (SSSR count). The van der Waals surface area contributed by atoms with Gasteiger partial charge in [-0.1, -0.05) is 19.3 Å². The van der Waals surface area contributed by atoms with Gasteiger partial charge in [-0.25, -0.2) is 0 Å². The summed E-state index contributed by atoms with van der Waals surface area (Å²) in [5.74, 6) is -0.461. The summed E-state index contributed by atoms with van der Waals surface area (Å²) in [6, 6.07) is 2.24. The second-order valence-electron chi connectivity index (χ2n) is 6.16. The monoisotopic (exact) mass is 263 g/mol. The molecule has 0 bridgehead atoms. The van der Waals surface area contributed by atoms with Gasteiger partial charge in [-0.3, -0.25) is 9.59 Å². The Morgan fingerprint density at radius 1 is 1.21 bits per heavy atom. The van der Waals surface area contributed by atoms with Crippen molar-refractivity contribution in [3.8, 4) is 6.07 Å². The molecule has 1 atom stereocenters. The maximum atomic E-state index is 12.6. The van der Waals surface area contributed by atoms with E-state index in [0.717, 1.165) is 19.3 Å². The zero-order chi connectivity index (χ0) is 14.1. The summed E-state index contributed by atoms with van der Waals surface area (Å²) in [6.07, 6.45) is 4.84. The number of carbonyl (C=O) groups is 2. The van der Waals surface area contributed by atoms with Gasteiger partial charge >= 0.3 is 0 Å². The van der Waals surface area contributed by atoms with Crippen LogP contribution in [0.4, 0.5) is 0 Å². The van der Waals surface area contributed by atoms with Crippen LogP contribution >= 0.6 is 0 Å². The summed E-state index contributed by atoms with van der Waals surface area (Å²) in [5.41, 5.74) is 3.90. The lowest BCUT2D eigenvalue weighted by Gasteiger charge is -2.33. The highest BCUT2D eigenvalue weighted by atomic mass is 16.2. The summed E-state index contributed by atoms with van der Waals surface area (Å²) in [5, 5.41) is 9.42. The number of nitriles is 1. The van der Waals surface area contributed by atoms with Crippen LogP contribution < -0.4 is 5.73 Å². The fraction of sp³-hybridized carbons (Fsp3) is 0.786. The lowest BCUT2D eigenvalue weighted by Crippen LogP contribution is -2.45. The maximum Gasteiger partial charge on any atom is 0.243 e. The third-order valence-electron chi connectivity index (χ3n) is 4.69. The summed E-state index contributed by atoms with van der Waals surface area (Å²) in [6.45, 7) is 2.68. The van der Waals surface area contributed by atoms with Crippen LogP contribution in [0.15, 0.2) is 0 Å². The quantitative estimate of drug-likeness (QED) is 0.811. The Balaban J connectivity index is 2.13. The molecule has 2 aliphatic rings. The first-order valence-electron chi connectivity index (χ1n) is 6.94. The number of primary amides is 1. The standard InChI is InChI=1S/C14H21N3O2/c1-13(11(16)18)7-8-17(10-13)12(19)14(9-15)5-3-2-4-6-14/h2-8,10H2,1H3,(H2,16,18). The molecule has 5 heteroatoms. The fourth-order valence-corrected chi connectivity index (χ4v) is 3.17. The van der Waals surface area contributed by atoms with Gasteiger partial charge in [0.05, 0.1) is 11.5 Å². The highest BCUT2D eigenvalue weighted by Crippen LogP contribution is 2.40. The maximum absolute atomic E-state index is 12.6. The van der Waals surface area contributed by atoms with Crippen LogP contribution in [0.2, 0.25) is 0 Å². The molecule has 0 aromatic rings. The van der Waals surface area contributed by atoms with Crippen LogP contribution in [0.3, 0.4) is 0 Å². The predicted molar refractivity (Wildman–Crippen MR) is 69.6 cm³/mol. The molecule has 1 aliphatic heterocycles. The van der Waals surface area contributed by atoms with Crippen LogP contribution in [0.5, 0.6) is 0 Å². The van der Waals surface area contributed by atoms with E-state index in [2.05, 4.69) is 6.07 Å². The van der Waals surface area contributed by atoms with Crippen LogP contribution in [-0.2, 0) is 9.59 Å². The minimum absolute atomic E-state index is 0.0975. The van der Waals surface area contributed by atoms with E-state index in [1.165, 1.54) is 0 Å². The molecule has 19 heavy (non-hydrogen) atoms. The van der Waals surface area contributed by atoms with Crippen LogP contribution in [-0.4, -0.2) is 29.8 Å². The van der Waals surface area contributed by atoms with Crippen molar-refractivity contribution >= 4 is 11.8 Å². The average molecular weight is 263 g/mol. The summed E-state index contributed by atoms with van der Waals surface area (Å²) >= 11 is 0. The van der Waals surface area contributed by atoms with Crippen molar-refractivity contribution < 1.29 is 9.59 Å². The molecule has 2 amide bonds. The molecule has 0 aromatic carbocycles. The Morgan fingerprint density at radius 3 is 2.32 bits per heavy atom. The van der Waals surface area contributed by atoms with E-state index in [1.807, 2.05) is 0 Å². The number of nitrogens with zero attached hydrogens (tertiary/aromatic N) is 2.